The second-order valence-corrected chi connectivity index (χ2v) is 5.52. The molecule has 1 heterocycles. The number of likely N-dealkylation sites (N-methyl/N-ethyl adjacent to an activating group) is 1. The highest BCUT2D eigenvalue weighted by Crippen LogP contribution is 2.30. The zero-order chi connectivity index (χ0) is 14.3. The van der Waals surface area contributed by atoms with Crippen molar-refractivity contribution in [2.45, 2.75) is 44.2 Å². The molecule has 112 valence electrons. The number of nitrogens with one attached hydrogen (secondary N) is 1. The molecule has 1 aromatic rings. The number of ether oxygens (including phenoxy) is 2. The van der Waals surface area contributed by atoms with Crippen LogP contribution in [0.1, 0.15) is 31.7 Å². The fourth-order valence-corrected chi connectivity index (χ4v) is 3.16. The molecule has 0 radical (unpaired) electrons. The van der Waals surface area contributed by atoms with E-state index in [0.29, 0.717) is 6.04 Å². The van der Waals surface area contributed by atoms with Crippen molar-refractivity contribution >= 4 is 0 Å². The number of hydrogen-bond acceptors (Lipinski definition) is 3. The van der Waals surface area contributed by atoms with Crippen LogP contribution in [0.15, 0.2) is 30.3 Å². The third kappa shape index (κ3) is 3.81. The van der Waals surface area contributed by atoms with Crippen molar-refractivity contribution in [3.63, 3.8) is 0 Å². The van der Waals surface area contributed by atoms with Crippen LogP contribution in [0.25, 0.3) is 0 Å². The van der Waals surface area contributed by atoms with E-state index in [0.717, 1.165) is 45.4 Å². The predicted octanol–water partition coefficient (Wildman–Crippen LogP) is 2.79. The van der Waals surface area contributed by atoms with Gasteiger partial charge in [0, 0.05) is 39.2 Å². The summed E-state index contributed by atoms with van der Waals surface area (Å²) in [6.45, 7) is 4.76. The van der Waals surface area contributed by atoms with Gasteiger partial charge in [-0.2, -0.15) is 0 Å². The fourth-order valence-electron chi connectivity index (χ4n) is 3.16. The average molecular weight is 277 g/mol. The third-order valence-corrected chi connectivity index (χ3v) is 4.40. The molecule has 3 heteroatoms. The summed E-state index contributed by atoms with van der Waals surface area (Å²) >= 11 is 0. The van der Waals surface area contributed by atoms with E-state index in [9.17, 15) is 0 Å². The van der Waals surface area contributed by atoms with Crippen LogP contribution in [0.5, 0.6) is 0 Å². The van der Waals surface area contributed by atoms with Crippen molar-refractivity contribution in [1.29, 1.82) is 0 Å². The van der Waals surface area contributed by atoms with Gasteiger partial charge in [0.1, 0.15) is 0 Å². The second-order valence-electron chi connectivity index (χ2n) is 5.52. The van der Waals surface area contributed by atoms with Crippen molar-refractivity contribution in [3.8, 4) is 0 Å². The van der Waals surface area contributed by atoms with E-state index in [1.165, 1.54) is 5.56 Å². The Morgan fingerprint density at radius 3 is 2.55 bits per heavy atom. The Morgan fingerprint density at radius 2 is 1.95 bits per heavy atom. The van der Waals surface area contributed by atoms with Gasteiger partial charge < -0.3 is 14.8 Å². The molecule has 1 fully saturated rings. The number of aryl methyl sites for hydroxylation is 1. The molecule has 1 N–H and O–H groups in total. The second kappa shape index (κ2) is 7.77. The molecule has 1 unspecified atom stereocenters. The Balaban J connectivity index is 2.01. The van der Waals surface area contributed by atoms with Gasteiger partial charge in [-0.05, 0) is 24.9 Å². The zero-order valence-electron chi connectivity index (χ0n) is 12.7. The first-order valence-electron chi connectivity index (χ1n) is 7.71. The molecular formula is C17H27NO2. The first-order valence-corrected chi connectivity index (χ1v) is 7.71. The Bertz CT molecular complexity index is 374. The van der Waals surface area contributed by atoms with E-state index in [1.54, 1.807) is 0 Å². The molecule has 0 bridgehead atoms. The molecule has 1 saturated heterocycles. The molecule has 0 spiro atoms. The lowest BCUT2D eigenvalue weighted by Crippen LogP contribution is -2.55. The smallest absolute Gasteiger partial charge is 0.0874 e. The molecule has 1 atom stereocenters. The lowest BCUT2D eigenvalue weighted by molar-refractivity contribution is -0.111. The van der Waals surface area contributed by atoms with Crippen molar-refractivity contribution in [3.05, 3.63) is 35.9 Å². The Kier molecular flexibility index (Phi) is 6.02. The van der Waals surface area contributed by atoms with Crippen LogP contribution in [-0.4, -0.2) is 38.5 Å². The van der Waals surface area contributed by atoms with Gasteiger partial charge in [0.05, 0.1) is 5.60 Å². The van der Waals surface area contributed by atoms with E-state index in [2.05, 4.69) is 42.6 Å². The van der Waals surface area contributed by atoms with Gasteiger partial charge in [0.2, 0.25) is 0 Å². The summed E-state index contributed by atoms with van der Waals surface area (Å²) in [6.07, 6.45) is 4.15. The topological polar surface area (TPSA) is 30.5 Å². The minimum atomic E-state index is -0.0664. The van der Waals surface area contributed by atoms with Gasteiger partial charge in [-0.1, -0.05) is 37.3 Å². The third-order valence-electron chi connectivity index (χ3n) is 4.40. The molecule has 20 heavy (non-hydrogen) atoms. The maximum absolute atomic E-state index is 5.94. The SMILES string of the molecule is CCNC(CCc1ccccc1)C1(OC)CCOCC1. The average Bonchev–Trinajstić information content (AvgIpc) is 2.53. The van der Waals surface area contributed by atoms with Crippen LogP contribution in [-0.2, 0) is 15.9 Å². The van der Waals surface area contributed by atoms with Gasteiger partial charge in [0.25, 0.3) is 0 Å². The number of benzene rings is 1. The molecule has 0 saturated carbocycles. The summed E-state index contributed by atoms with van der Waals surface area (Å²) in [6, 6.07) is 11.1. The highest BCUT2D eigenvalue weighted by molar-refractivity contribution is 5.15. The predicted molar refractivity (Wildman–Crippen MR) is 82.0 cm³/mol. The molecular weight excluding hydrogens is 250 g/mol. The summed E-state index contributed by atoms with van der Waals surface area (Å²) in [5.74, 6) is 0. The first-order chi connectivity index (χ1) is 9.80. The lowest BCUT2D eigenvalue weighted by atomic mass is 9.83. The van der Waals surface area contributed by atoms with Crippen LogP contribution in [0.2, 0.25) is 0 Å². The highest BCUT2D eigenvalue weighted by atomic mass is 16.5. The first kappa shape index (κ1) is 15.5. The molecule has 1 aromatic carbocycles. The quantitative estimate of drug-likeness (QED) is 0.831. The van der Waals surface area contributed by atoms with Crippen LogP contribution in [0, 0.1) is 0 Å². The number of methoxy groups -OCH3 is 1. The van der Waals surface area contributed by atoms with Crippen LogP contribution in [0.4, 0.5) is 0 Å². The summed E-state index contributed by atoms with van der Waals surface area (Å²) in [4.78, 5) is 0. The highest BCUT2D eigenvalue weighted by Gasteiger charge is 2.39. The Hall–Kier alpha value is -0.900. The molecule has 1 aliphatic rings. The molecule has 2 rings (SSSR count). The normalized spacial score (nSPS) is 19.7. The lowest BCUT2D eigenvalue weighted by Gasteiger charge is -2.42. The number of rotatable bonds is 7. The maximum Gasteiger partial charge on any atom is 0.0874 e. The summed E-state index contributed by atoms with van der Waals surface area (Å²) in [5.41, 5.74) is 1.33. The summed E-state index contributed by atoms with van der Waals surface area (Å²) < 4.78 is 11.4. The van der Waals surface area contributed by atoms with Gasteiger partial charge in [-0.25, -0.2) is 0 Å². The van der Waals surface area contributed by atoms with Gasteiger partial charge >= 0.3 is 0 Å². The Labute approximate surface area is 122 Å². The van der Waals surface area contributed by atoms with Crippen LogP contribution >= 0.6 is 0 Å². The van der Waals surface area contributed by atoms with Crippen molar-refractivity contribution in [2.24, 2.45) is 0 Å². The van der Waals surface area contributed by atoms with Crippen LogP contribution < -0.4 is 5.32 Å². The zero-order valence-corrected chi connectivity index (χ0v) is 12.7. The molecule has 0 amide bonds. The summed E-state index contributed by atoms with van der Waals surface area (Å²) in [5, 5.41) is 3.63. The Morgan fingerprint density at radius 1 is 1.25 bits per heavy atom. The summed E-state index contributed by atoms with van der Waals surface area (Å²) in [7, 11) is 1.85. The van der Waals surface area contributed by atoms with Gasteiger partial charge in [-0.3, -0.25) is 0 Å². The standard InChI is InChI=1S/C17H27NO2/c1-3-18-16(10-9-15-7-5-4-6-8-15)17(19-2)11-13-20-14-12-17/h4-8,16,18H,3,9-14H2,1-2H3. The largest absolute Gasteiger partial charge is 0.381 e. The van der Waals surface area contributed by atoms with E-state index in [-0.39, 0.29) is 5.60 Å². The number of hydrogen-bond donors (Lipinski definition) is 1. The molecule has 0 aromatic heterocycles. The molecule has 3 nitrogen and oxygen atoms in total. The van der Waals surface area contributed by atoms with E-state index in [4.69, 9.17) is 9.47 Å². The monoisotopic (exact) mass is 277 g/mol. The van der Waals surface area contributed by atoms with Crippen molar-refractivity contribution in [1.82, 2.24) is 5.32 Å². The van der Waals surface area contributed by atoms with E-state index >= 15 is 0 Å². The molecule has 0 aliphatic carbocycles. The minimum Gasteiger partial charge on any atom is -0.381 e. The van der Waals surface area contributed by atoms with Crippen LogP contribution in [0.3, 0.4) is 0 Å². The fraction of sp³-hybridized carbons (Fsp3) is 0.647. The maximum atomic E-state index is 5.94. The van der Waals surface area contributed by atoms with E-state index in [1.807, 2.05) is 7.11 Å². The van der Waals surface area contributed by atoms with Gasteiger partial charge in [0.15, 0.2) is 0 Å². The minimum absolute atomic E-state index is 0.0664. The van der Waals surface area contributed by atoms with Gasteiger partial charge in [-0.15, -0.1) is 0 Å². The van der Waals surface area contributed by atoms with Crippen molar-refractivity contribution < 1.29 is 9.47 Å². The molecule has 1 aliphatic heterocycles. The van der Waals surface area contributed by atoms with Crippen molar-refractivity contribution in [2.75, 3.05) is 26.9 Å². The van der Waals surface area contributed by atoms with E-state index < -0.39 is 0 Å².